The minimum atomic E-state index is -3.10. The topological polar surface area (TPSA) is 69.7 Å². The predicted molar refractivity (Wildman–Crippen MR) is 104 cm³/mol. The van der Waals surface area contributed by atoms with E-state index in [1.807, 2.05) is 42.5 Å². The van der Waals surface area contributed by atoms with E-state index < -0.39 is 10.0 Å². The molecule has 2 aromatic rings. The second kappa shape index (κ2) is 8.16. The highest BCUT2D eigenvalue weighted by molar-refractivity contribution is 7.88. The molecule has 0 bridgehead atoms. The van der Waals surface area contributed by atoms with Gasteiger partial charge in [-0.25, -0.2) is 8.42 Å². The summed E-state index contributed by atoms with van der Waals surface area (Å²) in [6.07, 6.45) is 1.61. The minimum Gasteiger partial charge on any atom is -0.355 e. The molecule has 140 valence electrons. The molecular formula is C19H25N3O3S. The lowest BCUT2D eigenvalue weighted by Gasteiger charge is -2.33. The summed E-state index contributed by atoms with van der Waals surface area (Å²) in [5.74, 6) is 0.0103. The van der Waals surface area contributed by atoms with Crippen molar-refractivity contribution in [3.63, 3.8) is 0 Å². The molecule has 1 aliphatic heterocycles. The Morgan fingerprint density at radius 2 is 1.73 bits per heavy atom. The van der Waals surface area contributed by atoms with E-state index in [4.69, 9.17) is 0 Å². The van der Waals surface area contributed by atoms with Crippen LogP contribution in [-0.2, 0) is 21.2 Å². The Hall–Kier alpha value is -1.96. The van der Waals surface area contributed by atoms with Crippen LogP contribution in [0.5, 0.6) is 0 Å². The highest BCUT2D eigenvalue weighted by Crippen LogP contribution is 2.18. The second-order valence-corrected chi connectivity index (χ2v) is 8.65. The third kappa shape index (κ3) is 4.81. The van der Waals surface area contributed by atoms with Crippen molar-refractivity contribution in [1.82, 2.24) is 14.5 Å². The number of hydrogen-bond acceptors (Lipinski definition) is 4. The van der Waals surface area contributed by atoms with Crippen molar-refractivity contribution in [1.29, 1.82) is 0 Å². The molecule has 0 aliphatic carbocycles. The van der Waals surface area contributed by atoms with Crippen LogP contribution in [0, 0.1) is 0 Å². The first-order valence-electron chi connectivity index (χ1n) is 8.84. The highest BCUT2D eigenvalue weighted by Gasteiger charge is 2.22. The number of nitrogens with zero attached hydrogens (tertiary/aromatic N) is 2. The fourth-order valence-corrected chi connectivity index (χ4v) is 4.15. The number of fused-ring (bicyclic) bond motifs is 1. The molecule has 3 rings (SSSR count). The van der Waals surface area contributed by atoms with Crippen LogP contribution < -0.4 is 5.32 Å². The summed E-state index contributed by atoms with van der Waals surface area (Å²) in [5.41, 5.74) is 1.03. The standard InChI is InChI=1S/C19H25N3O3S/c1-26(24,25)22-13-11-21(12-14-22)10-9-20-19(23)15-17-7-4-6-16-5-2-3-8-18(16)17/h2-8H,9-15H2,1H3,(H,20,23). The fourth-order valence-electron chi connectivity index (χ4n) is 3.32. The molecule has 0 aromatic heterocycles. The van der Waals surface area contributed by atoms with Crippen LogP contribution in [0.4, 0.5) is 0 Å². The molecule has 7 heteroatoms. The van der Waals surface area contributed by atoms with E-state index in [1.54, 1.807) is 0 Å². The fraction of sp³-hybridized carbons (Fsp3) is 0.421. The molecule has 0 spiro atoms. The maximum Gasteiger partial charge on any atom is 0.224 e. The molecule has 26 heavy (non-hydrogen) atoms. The Labute approximate surface area is 154 Å². The van der Waals surface area contributed by atoms with Crippen LogP contribution in [0.2, 0.25) is 0 Å². The third-order valence-electron chi connectivity index (χ3n) is 4.78. The number of carbonyl (C=O) groups is 1. The molecule has 0 radical (unpaired) electrons. The van der Waals surface area contributed by atoms with E-state index in [1.165, 1.54) is 10.6 Å². The number of amides is 1. The monoisotopic (exact) mass is 375 g/mol. The van der Waals surface area contributed by atoms with Gasteiger partial charge in [-0.2, -0.15) is 4.31 Å². The first-order chi connectivity index (χ1) is 12.4. The molecule has 1 amide bonds. The van der Waals surface area contributed by atoms with Crippen LogP contribution >= 0.6 is 0 Å². The number of nitrogens with one attached hydrogen (secondary N) is 1. The molecule has 1 aliphatic rings. The molecule has 1 saturated heterocycles. The van der Waals surface area contributed by atoms with Gasteiger partial charge in [0.2, 0.25) is 15.9 Å². The van der Waals surface area contributed by atoms with Crippen molar-refractivity contribution < 1.29 is 13.2 Å². The van der Waals surface area contributed by atoms with Crippen LogP contribution in [0.15, 0.2) is 42.5 Å². The van der Waals surface area contributed by atoms with Crippen LogP contribution in [-0.4, -0.2) is 69.1 Å². The lowest BCUT2D eigenvalue weighted by atomic mass is 10.0. The van der Waals surface area contributed by atoms with Gasteiger partial charge in [0.25, 0.3) is 0 Å². The lowest BCUT2D eigenvalue weighted by Crippen LogP contribution is -2.49. The van der Waals surface area contributed by atoms with E-state index >= 15 is 0 Å². The van der Waals surface area contributed by atoms with Gasteiger partial charge < -0.3 is 5.32 Å². The molecule has 0 saturated carbocycles. The summed E-state index contributed by atoms with van der Waals surface area (Å²) in [4.78, 5) is 14.4. The van der Waals surface area contributed by atoms with E-state index in [9.17, 15) is 13.2 Å². The maximum absolute atomic E-state index is 12.3. The summed E-state index contributed by atoms with van der Waals surface area (Å²) in [6.45, 7) is 3.74. The van der Waals surface area contributed by atoms with Crippen molar-refractivity contribution in [2.75, 3.05) is 45.5 Å². The van der Waals surface area contributed by atoms with E-state index in [0.29, 0.717) is 39.1 Å². The Morgan fingerprint density at radius 1 is 1.04 bits per heavy atom. The van der Waals surface area contributed by atoms with Crippen LogP contribution in [0.25, 0.3) is 10.8 Å². The van der Waals surface area contributed by atoms with Crippen molar-refractivity contribution in [3.05, 3.63) is 48.0 Å². The van der Waals surface area contributed by atoms with Gasteiger partial charge in [0.1, 0.15) is 0 Å². The second-order valence-electron chi connectivity index (χ2n) is 6.67. The van der Waals surface area contributed by atoms with E-state index in [-0.39, 0.29) is 5.91 Å². The minimum absolute atomic E-state index is 0.0103. The molecule has 6 nitrogen and oxygen atoms in total. The number of benzene rings is 2. The molecule has 2 aromatic carbocycles. The van der Waals surface area contributed by atoms with Crippen molar-refractivity contribution in [2.24, 2.45) is 0 Å². The van der Waals surface area contributed by atoms with Crippen molar-refractivity contribution in [3.8, 4) is 0 Å². The Kier molecular flexibility index (Phi) is 5.90. The van der Waals surface area contributed by atoms with Gasteiger partial charge in [0.15, 0.2) is 0 Å². The average molecular weight is 375 g/mol. The average Bonchev–Trinajstić information content (AvgIpc) is 2.62. The lowest BCUT2D eigenvalue weighted by molar-refractivity contribution is -0.120. The smallest absolute Gasteiger partial charge is 0.224 e. The zero-order chi connectivity index (χ0) is 18.6. The van der Waals surface area contributed by atoms with E-state index in [2.05, 4.69) is 10.2 Å². The van der Waals surface area contributed by atoms with Gasteiger partial charge in [-0.05, 0) is 16.3 Å². The number of sulfonamides is 1. The Morgan fingerprint density at radius 3 is 2.46 bits per heavy atom. The highest BCUT2D eigenvalue weighted by atomic mass is 32.2. The summed E-state index contributed by atoms with van der Waals surface area (Å²) in [5, 5.41) is 5.23. The van der Waals surface area contributed by atoms with Gasteiger partial charge in [-0.1, -0.05) is 42.5 Å². The Balaban J connectivity index is 1.45. The first kappa shape index (κ1) is 18.8. The summed E-state index contributed by atoms with van der Waals surface area (Å²) in [6, 6.07) is 14.1. The molecule has 1 heterocycles. The van der Waals surface area contributed by atoms with Gasteiger partial charge in [-0.15, -0.1) is 0 Å². The van der Waals surface area contributed by atoms with Gasteiger partial charge in [-0.3, -0.25) is 9.69 Å². The van der Waals surface area contributed by atoms with Crippen molar-refractivity contribution in [2.45, 2.75) is 6.42 Å². The third-order valence-corrected chi connectivity index (χ3v) is 6.08. The molecular weight excluding hydrogens is 350 g/mol. The normalized spacial score (nSPS) is 16.7. The summed E-state index contributed by atoms with van der Waals surface area (Å²) in [7, 11) is -3.10. The largest absolute Gasteiger partial charge is 0.355 e. The number of carbonyl (C=O) groups excluding carboxylic acids is 1. The molecule has 0 unspecified atom stereocenters. The zero-order valence-electron chi connectivity index (χ0n) is 15.0. The number of hydrogen-bond donors (Lipinski definition) is 1. The van der Waals surface area contributed by atoms with Crippen molar-refractivity contribution >= 4 is 26.7 Å². The molecule has 1 N–H and O–H groups in total. The number of rotatable bonds is 6. The van der Waals surface area contributed by atoms with Gasteiger partial charge in [0, 0.05) is 39.3 Å². The van der Waals surface area contributed by atoms with Gasteiger partial charge in [0.05, 0.1) is 12.7 Å². The molecule has 0 atom stereocenters. The van der Waals surface area contributed by atoms with Crippen LogP contribution in [0.1, 0.15) is 5.56 Å². The van der Waals surface area contributed by atoms with Crippen LogP contribution in [0.3, 0.4) is 0 Å². The quantitative estimate of drug-likeness (QED) is 0.820. The zero-order valence-corrected chi connectivity index (χ0v) is 15.8. The molecule has 1 fully saturated rings. The Bertz CT molecular complexity index is 869. The summed E-state index contributed by atoms with van der Waals surface area (Å²) >= 11 is 0. The maximum atomic E-state index is 12.3. The van der Waals surface area contributed by atoms with Gasteiger partial charge >= 0.3 is 0 Å². The number of piperazine rings is 1. The van der Waals surface area contributed by atoms with E-state index in [0.717, 1.165) is 22.9 Å². The SMILES string of the molecule is CS(=O)(=O)N1CCN(CCNC(=O)Cc2cccc3ccccc23)CC1. The predicted octanol–water partition coefficient (Wildman–Crippen LogP) is 1.08. The first-order valence-corrected chi connectivity index (χ1v) is 10.7. The summed E-state index contributed by atoms with van der Waals surface area (Å²) < 4.78 is 24.5.